The zero-order valence-corrected chi connectivity index (χ0v) is 11.7. The lowest BCUT2D eigenvalue weighted by Crippen LogP contribution is -2.32. The van der Waals surface area contributed by atoms with Gasteiger partial charge in [0.25, 0.3) is 0 Å². The molecule has 18 heavy (non-hydrogen) atoms. The van der Waals surface area contributed by atoms with E-state index in [2.05, 4.69) is 5.32 Å². The fraction of sp³-hybridized carbons (Fsp3) is 0.571. The summed E-state index contributed by atoms with van der Waals surface area (Å²) < 4.78 is 11.3. The molecule has 1 aliphatic heterocycles. The Morgan fingerprint density at radius 2 is 2.06 bits per heavy atom. The Bertz CT molecular complexity index is 353. The van der Waals surface area contributed by atoms with Crippen LogP contribution in [0.1, 0.15) is 13.3 Å². The maximum absolute atomic E-state index is 5.76. The summed E-state index contributed by atoms with van der Waals surface area (Å²) in [6.07, 6.45) is 1.28. The van der Waals surface area contributed by atoms with E-state index in [1.165, 1.54) is 17.9 Å². The van der Waals surface area contributed by atoms with E-state index < -0.39 is 0 Å². The van der Waals surface area contributed by atoms with Crippen LogP contribution in [0.2, 0.25) is 0 Å². The Labute approximate surface area is 113 Å². The molecule has 3 nitrogen and oxygen atoms in total. The topological polar surface area (TPSA) is 30.5 Å². The largest absolute Gasteiger partial charge is 0.490 e. The van der Waals surface area contributed by atoms with Crippen LogP contribution >= 0.6 is 11.8 Å². The van der Waals surface area contributed by atoms with Crippen LogP contribution in [-0.2, 0) is 0 Å². The van der Waals surface area contributed by atoms with Gasteiger partial charge in [0, 0.05) is 18.3 Å². The maximum atomic E-state index is 5.76. The molecule has 1 N–H and O–H groups in total. The first-order valence-corrected chi connectivity index (χ1v) is 7.71. The van der Waals surface area contributed by atoms with Gasteiger partial charge in [0.1, 0.15) is 6.61 Å². The molecular formula is C14H21NO2S. The lowest BCUT2D eigenvalue weighted by atomic mass is 10.3. The van der Waals surface area contributed by atoms with E-state index in [1.807, 2.05) is 43.0 Å². The second-order valence-corrected chi connectivity index (χ2v) is 5.39. The van der Waals surface area contributed by atoms with Crippen LogP contribution in [0.4, 0.5) is 0 Å². The van der Waals surface area contributed by atoms with E-state index in [9.17, 15) is 0 Å². The number of rotatable bonds is 7. The van der Waals surface area contributed by atoms with E-state index in [1.54, 1.807) is 0 Å². The molecule has 1 fully saturated rings. The summed E-state index contributed by atoms with van der Waals surface area (Å²) in [4.78, 5) is 0. The second kappa shape index (κ2) is 7.54. The first-order chi connectivity index (χ1) is 8.90. The summed E-state index contributed by atoms with van der Waals surface area (Å²) >= 11 is 2.02. The monoisotopic (exact) mass is 267 g/mol. The zero-order valence-electron chi connectivity index (χ0n) is 10.9. The highest BCUT2D eigenvalue weighted by Crippen LogP contribution is 2.26. The Hall–Kier alpha value is -0.870. The van der Waals surface area contributed by atoms with Gasteiger partial charge in [-0.2, -0.15) is 11.8 Å². The highest BCUT2D eigenvalue weighted by atomic mass is 32.2. The third-order valence-corrected chi connectivity index (χ3v) is 4.03. The predicted molar refractivity (Wildman–Crippen MR) is 76.8 cm³/mol. The van der Waals surface area contributed by atoms with E-state index >= 15 is 0 Å². The third kappa shape index (κ3) is 4.10. The van der Waals surface area contributed by atoms with Crippen LogP contribution in [0.25, 0.3) is 0 Å². The molecule has 0 aliphatic carbocycles. The maximum Gasteiger partial charge on any atom is 0.161 e. The van der Waals surface area contributed by atoms with Crippen molar-refractivity contribution < 1.29 is 9.47 Å². The molecular weight excluding hydrogens is 246 g/mol. The first-order valence-electron chi connectivity index (χ1n) is 6.56. The minimum atomic E-state index is 0.665. The Morgan fingerprint density at radius 1 is 1.28 bits per heavy atom. The Kier molecular flexibility index (Phi) is 5.68. The van der Waals surface area contributed by atoms with Crippen LogP contribution < -0.4 is 14.8 Å². The van der Waals surface area contributed by atoms with Crippen molar-refractivity contribution in [3.8, 4) is 11.5 Å². The van der Waals surface area contributed by atoms with Gasteiger partial charge < -0.3 is 14.8 Å². The fourth-order valence-corrected chi connectivity index (χ4v) is 3.15. The van der Waals surface area contributed by atoms with Gasteiger partial charge in [-0.05, 0) is 31.2 Å². The molecule has 0 aromatic heterocycles. The lowest BCUT2D eigenvalue weighted by Gasteiger charge is -2.14. The standard InChI is InChI=1S/C14H21NO2S/c1-2-16-13-5-3-4-6-14(13)17-9-8-15-12-7-10-18-11-12/h3-6,12,15H,2,7-11H2,1H3. The number of benzene rings is 1. The number of nitrogens with one attached hydrogen (secondary N) is 1. The Morgan fingerprint density at radius 3 is 2.72 bits per heavy atom. The molecule has 1 atom stereocenters. The fourth-order valence-electron chi connectivity index (χ4n) is 1.96. The average Bonchev–Trinajstić information content (AvgIpc) is 2.90. The summed E-state index contributed by atoms with van der Waals surface area (Å²) in [6, 6.07) is 8.50. The molecule has 4 heteroatoms. The Balaban J connectivity index is 1.72. The third-order valence-electron chi connectivity index (χ3n) is 2.87. The smallest absolute Gasteiger partial charge is 0.161 e. The van der Waals surface area contributed by atoms with E-state index in [-0.39, 0.29) is 0 Å². The SMILES string of the molecule is CCOc1ccccc1OCCNC1CCSC1. The van der Waals surface area contributed by atoms with Crippen molar-refractivity contribution in [3.05, 3.63) is 24.3 Å². The predicted octanol–water partition coefficient (Wildman–Crippen LogP) is 2.56. The van der Waals surface area contributed by atoms with Gasteiger partial charge in [0.2, 0.25) is 0 Å². The molecule has 0 spiro atoms. The molecule has 1 unspecified atom stereocenters. The van der Waals surface area contributed by atoms with Crippen molar-refractivity contribution in [1.82, 2.24) is 5.32 Å². The first kappa shape index (κ1) is 13.6. The number of hydrogen-bond donors (Lipinski definition) is 1. The molecule has 2 rings (SSSR count). The summed E-state index contributed by atoms with van der Waals surface area (Å²) in [5.74, 6) is 4.18. The van der Waals surface area contributed by atoms with Crippen LogP contribution in [0.3, 0.4) is 0 Å². The highest BCUT2D eigenvalue weighted by molar-refractivity contribution is 7.99. The van der Waals surface area contributed by atoms with Crippen molar-refractivity contribution in [2.45, 2.75) is 19.4 Å². The number of hydrogen-bond acceptors (Lipinski definition) is 4. The van der Waals surface area contributed by atoms with Crippen molar-refractivity contribution in [1.29, 1.82) is 0 Å². The van der Waals surface area contributed by atoms with E-state index in [4.69, 9.17) is 9.47 Å². The van der Waals surface area contributed by atoms with Crippen molar-refractivity contribution in [3.63, 3.8) is 0 Å². The summed E-state index contributed by atoms with van der Waals surface area (Å²) in [5, 5.41) is 3.52. The molecule has 0 radical (unpaired) electrons. The van der Waals surface area contributed by atoms with Crippen molar-refractivity contribution >= 4 is 11.8 Å². The normalized spacial score (nSPS) is 18.8. The molecule has 1 aliphatic rings. The summed E-state index contributed by atoms with van der Waals surface area (Å²) in [6.45, 7) is 4.23. The van der Waals surface area contributed by atoms with Crippen LogP contribution in [0.5, 0.6) is 11.5 Å². The minimum absolute atomic E-state index is 0.665. The van der Waals surface area contributed by atoms with Crippen LogP contribution in [0.15, 0.2) is 24.3 Å². The molecule has 1 saturated heterocycles. The van der Waals surface area contributed by atoms with Crippen molar-refractivity contribution in [2.75, 3.05) is 31.3 Å². The number of thioether (sulfide) groups is 1. The molecule has 0 amide bonds. The van der Waals surface area contributed by atoms with Crippen LogP contribution in [0, 0.1) is 0 Å². The molecule has 1 heterocycles. The number of ether oxygens (including phenoxy) is 2. The van der Waals surface area contributed by atoms with Crippen LogP contribution in [-0.4, -0.2) is 37.3 Å². The molecule has 1 aromatic rings. The van der Waals surface area contributed by atoms with Crippen molar-refractivity contribution in [2.24, 2.45) is 0 Å². The van der Waals surface area contributed by atoms with Gasteiger partial charge in [-0.1, -0.05) is 12.1 Å². The highest BCUT2D eigenvalue weighted by Gasteiger charge is 2.14. The van der Waals surface area contributed by atoms with Gasteiger partial charge in [-0.3, -0.25) is 0 Å². The molecule has 0 saturated carbocycles. The molecule has 1 aromatic carbocycles. The summed E-state index contributed by atoms with van der Waals surface area (Å²) in [5.41, 5.74) is 0. The van der Waals surface area contributed by atoms with Gasteiger partial charge in [0.15, 0.2) is 11.5 Å². The molecule has 100 valence electrons. The van der Waals surface area contributed by atoms with E-state index in [0.29, 0.717) is 19.3 Å². The molecule has 0 bridgehead atoms. The zero-order chi connectivity index (χ0) is 12.6. The minimum Gasteiger partial charge on any atom is -0.490 e. The number of para-hydroxylation sites is 2. The van der Waals surface area contributed by atoms with Gasteiger partial charge in [0.05, 0.1) is 6.61 Å². The summed E-state index contributed by atoms with van der Waals surface area (Å²) in [7, 11) is 0. The quantitative estimate of drug-likeness (QED) is 0.769. The van der Waals surface area contributed by atoms with Gasteiger partial charge in [-0.25, -0.2) is 0 Å². The second-order valence-electron chi connectivity index (χ2n) is 4.24. The van der Waals surface area contributed by atoms with E-state index in [0.717, 1.165) is 18.0 Å². The van der Waals surface area contributed by atoms with Gasteiger partial charge >= 0.3 is 0 Å². The average molecular weight is 267 g/mol. The van der Waals surface area contributed by atoms with Gasteiger partial charge in [-0.15, -0.1) is 0 Å². The lowest BCUT2D eigenvalue weighted by molar-refractivity contribution is 0.273.